The maximum Gasteiger partial charge on any atom is 0.230 e. The first-order valence-corrected chi connectivity index (χ1v) is 5.01. The highest BCUT2D eigenvalue weighted by atomic mass is 32.2. The van der Waals surface area contributed by atoms with Crippen molar-refractivity contribution >= 4 is 10.0 Å². The van der Waals surface area contributed by atoms with Gasteiger partial charge < -0.3 is 0 Å². The monoisotopic (exact) mass is 177 g/mol. The van der Waals surface area contributed by atoms with E-state index < -0.39 is 10.0 Å². The minimum Gasteiger partial charge on any atom is -0.225 e. The van der Waals surface area contributed by atoms with Crippen LogP contribution in [-0.2, 0) is 10.0 Å². The molecule has 0 amide bonds. The molecular weight excluding hydrogens is 162 g/mol. The van der Waals surface area contributed by atoms with Crippen molar-refractivity contribution in [3.63, 3.8) is 0 Å². The summed E-state index contributed by atoms with van der Waals surface area (Å²) in [6.07, 6.45) is 2.29. The molecule has 0 rings (SSSR count). The highest BCUT2D eigenvalue weighted by Gasteiger charge is 2.07. The Morgan fingerprint density at radius 2 is 1.82 bits per heavy atom. The first kappa shape index (κ1) is 10.7. The summed E-state index contributed by atoms with van der Waals surface area (Å²) in [5, 5.41) is 5.79. The van der Waals surface area contributed by atoms with E-state index in [-0.39, 0.29) is 5.41 Å². The van der Waals surface area contributed by atoms with Crippen molar-refractivity contribution in [3.8, 4) is 0 Å². The van der Waals surface area contributed by atoms with Crippen molar-refractivity contribution in [2.45, 2.75) is 27.2 Å². The molecule has 0 aromatic heterocycles. The SMILES string of the molecule is CC(C)(C)C/C=C/S(N)(=O)=O. The molecule has 0 fully saturated rings. The normalized spacial score (nSPS) is 14.2. The van der Waals surface area contributed by atoms with Gasteiger partial charge in [-0.2, -0.15) is 0 Å². The van der Waals surface area contributed by atoms with Crippen LogP contribution in [0.3, 0.4) is 0 Å². The van der Waals surface area contributed by atoms with Crippen molar-refractivity contribution in [2.24, 2.45) is 10.6 Å². The number of sulfonamides is 1. The summed E-state index contributed by atoms with van der Waals surface area (Å²) in [5.74, 6) is 0. The third kappa shape index (κ3) is 9.65. The van der Waals surface area contributed by atoms with Gasteiger partial charge in [-0.05, 0) is 11.8 Å². The van der Waals surface area contributed by atoms with Gasteiger partial charge in [0.2, 0.25) is 10.0 Å². The van der Waals surface area contributed by atoms with Gasteiger partial charge >= 0.3 is 0 Å². The average molecular weight is 177 g/mol. The van der Waals surface area contributed by atoms with Crippen LogP contribution in [0.4, 0.5) is 0 Å². The Labute approximate surface area is 68.3 Å². The van der Waals surface area contributed by atoms with Crippen LogP contribution in [0, 0.1) is 5.41 Å². The summed E-state index contributed by atoms with van der Waals surface area (Å²) in [6.45, 7) is 6.08. The number of hydrogen-bond donors (Lipinski definition) is 1. The zero-order valence-electron chi connectivity index (χ0n) is 7.16. The molecule has 0 aliphatic rings. The summed E-state index contributed by atoms with van der Waals surface area (Å²) in [5.41, 5.74) is 0.112. The molecule has 0 saturated carbocycles. The summed E-state index contributed by atoms with van der Waals surface area (Å²) >= 11 is 0. The first-order valence-electron chi connectivity index (χ1n) is 3.40. The first-order chi connectivity index (χ1) is 4.71. The van der Waals surface area contributed by atoms with E-state index in [0.29, 0.717) is 6.42 Å². The van der Waals surface area contributed by atoms with Gasteiger partial charge in [0.1, 0.15) is 0 Å². The van der Waals surface area contributed by atoms with Gasteiger partial charge in [-0.25, -0.2) is 13.6 Å². The highest BCUT2D eigenvalue weighted by Crippen LogP contribution is 2.18. The van der Waals surface area contributed by atoms with Crippen molar-refractivity contribution < 1.29 is 8.42 Å². The Morgan fingerprint density at radius 3 is 2.09 bits per heavy atom. The van der Waals surface area contributed by atoms with Crippen LogP contribution in [0.1, 0.15) is 27.2 Å². The molecule has 0 aliphatic carbocycles. The second-order valence-electron chi connectivity index (χ2n) is 3.73. The zero-order chi connectivity index (χ0) is 9.12. The van der Waals surface area contributed by atoms with Gasteiger partial charge in [0.25, 0.3) is 0 Å². The standard InChI is InChI=1S/C7H15NO2S/c1-7(2,3)5-4-6-11(8,9)10/h4,6H,5H2,1-3H3,(H2,8,9,10)/b6-4+. The van der Waals surface area contributed by atoms with E-state index in [9.17, 15) is 8.42 Å². The number of allylic oxidation sites excluding steroid dienone is 1. The van der Waals surface area contributed by atoms with E-state index in [1.54, 1.807) is 6.08 Å². The van der Waals surface area contributed by atoms with Gasteiger partial charge in [-0.15, -0.1) is 0 Å². The van der Waals surface area contributed by atoms with Crippen LogP contribution in [0.2, 0.25) is 0 Å². The smallest absolute Gasteiger partial charge is 0.225 e. The zero-order valence-corrected chi connectivity index (χ0v) is 7.98. The number of hydrogen-bond acceptors (Lipinski definition) is 2. The third-order valence-electron chi connectivity index (χ3n) is 1.02. The van der Waals surface area contributed by atoms with Crippen molar-refractivity contribution in [3.05, 3.63) is 11.5 Å². The second kappa shape index (κ2) is 3.36. The molecule has 0 bridgehead atoms. The fourth-order valence-electron chi connectivity index (χ4n) is 0.536. The average Bonchev–Trinajstić information content (AvgIpc) is 1.55. The number of rotatable bonds is 2. The lowest BCUT2D eigenvalue weighted by Crippen LogP contribution is -2.08. The molecule has 0 spiro atoms. The molecule has 4 heteroatoms. The summed E-state index contributed by atoms with van der Waals surface area (Å²) < 4.78 is 20.8. The molecular formula is C7H15NO2S. The molecule has 0 unspecified atom stereocenters. The summed E-state index contributed by atoms with van der Waals surface area (Å²) in [7, 11) is -3.43. The van der Waals surface area contributed by atoms with E-state index >= 15 is 0 Å². The van der Waals surface area contributed by atoms with Crippen LogP contribution >= 0.6 is 0 Å². The van der Waals surface area contributed by atoms with Gasteiger partial charge in [-0.3, -0.25) is 0 Å². The van der Waals surface area contributed by atoms with Crippen LogP contribution in [-0.4, -0.2) is 8.42 Å². The fraction of sp³-hybridized carbons (Fsp3) is 0.714. The lowest BCUT2D eigenvalue weighted by Gasteiger charge is -2.13. The lowest BCUT2D eigenvalue weighted by atomic mass is 9.93. The third-order valence-corrected chi connectivity index (χ3v) is 1.59. The van der Waals surface area contributed by atoms with Crippen molar-refractivity contribution in [1.29, 1.82) is 0 Å². The van der Waals surface area contributed by atoms with Crippen LogP contribution in [0.15, 0.2) is 11.5 Å². The van der Waals surface area contributed by atoms with Gasteiger partial charge in [0.05, 0.1) is 0 Å². The Kier molecular flexibility index (Phi) is 3.26. The Morgan fingerprint density at radius 1 is 1.36 bits per heavy atom. The van der Waals surface area contributed by atoms with Gasteiger partial charge in [0.15, 0.2) is 0 Å². The number of nitrogens with two attached hydrogens (primary N) is 1. The molecule has 11 heavy (non-hydrogen) atoms. The summed E-state index contributed by atoms with van der Waals surface area (Å²) in [6, 6.07) is 0. The van der Waals surface area contributed by atoms with Crippen LogP contribution in [0.5, 0.6) is 0 Å². The van der Waals surface area contributed by atoms with E-state index in [0.717, 1.165) is 5.41 Å². The van der Waals surface area contributed by atoms with Crippen LogP contribution < -0.4 is 5.14 Å². The van der Waals surface area contributed by atoms with E-state index in [2.05, 4.69) is 0 Å². The Balaban J connectivity index is 4.01. The largest absolute Gasteiger partial charge is 0.230 e. The molecule has 66 valence electrons. The highest BCUT2D eigenvalue weighted by molar-refractivity contribution is 7.92. The molecule has 0 aliphatic heterocycles. The Hall–Kier alpha value is -0.350. The maximum atomic E-state index is 10.4. The molecule has 0 aromatic carbocycles. The maximum absolute atomic E-state index is 10.4. The van der Waals surface area contributed by atoms with E-state index in [4.69, 9.17) is 5.14 Å². The van der Waals surface area contributed by atoms with Gasteiger partial charge in [-0.1, -0.05) is 26.8 Å². The molecule has 0 atom stereocenters. The van der Waals surface area contributed by atoms with E-state index in [1.165, 1.54) is 0 Å². The van der Waals surface area contributed by atoms with Crippen LogP contribution in [0.25, 0.3) is 0 Å². The quantitative estimate of drug-likeness (QED) is 0.689. The second-order valence-corrected chi connectivity index (χ2v) is 5.18. The van der Waals surface area contributed by atoms with E-state index in [1.807, 2.05) is 20.8 Å². The molecule has 0 saturated heterocycles. The van der Waals surface area contributed by atoms with Crippen molar-refractivity contribution in [1.82, 2.24) is 0 Å². The minimum atomic E-state index is -3.43. The topological polar surface area (TPSA) is 60.2 Å². The van der Waals surface area contributed by atoms with Crippen molar-refractivity contribution in [2.75, 3.05) is 0 Å². The molecule has 0 heterocycles. The molecule has 3 nitrogen and oxygen atoms in total. The molecule has 0 aromatic rings. The van der Waals surface area contributed by atoms with Gasteiger partial charge in [0, 0.05) is 5.41 Å². The predicted octanol–water partition coefficient (Wildman–Crippen LogP) is 1.22. The molecule has 2 N–H and O–H groups in total. The number of primary sulfonamides is 1. The molecule has 0 radical (unpaired) electrons. The Bertz CT molecular complexity index is 234. The summed E-state index contributed by atoms with van der Waals surface area (Å²) in [4.78, 5) is 0. The minimum absolute atomic E-state index is 0.112. The predicted molar refractivity (Wildman–Crippen MR) is 46.3 cm³/mol. The lowest BCUT2D eigenvalue weighted by molar-refractivity contribution is 0.421. The fourth-order valence-corrected chi connectivity index (χ4v) is 0.900.